The lowest BCUT2D eigenvalue weighted by atomic mass is 10.2. The van der Waals surface area contributed by atoms with Crippen LogP contribution in [0.15, 0.2) is 22.9 Å². The number of nitrogens with zero attached hydrogens (tertiary/aromatic N) is 2. The molecule has 1 aliphatic heterocycles. The van der Waals surface area contributed by atoms with Gasteiger partial charge in [0.15, 0.2) is 4.73 Å². The van der Waals surface area contributed by atoms with Gasteiger partial charge in [0.1, 0.15) is 11.3 Å². The maximum atomic E-state index is 5.44. The van der Waals surface area contributed by atoms with Crippen LogP contribution >= 0.6 is 15.9 Å². The van der Waals surface area contributed by atoms with Gasteiger partial charge >= 0.3 is 0 Å². The van der Waals surface area contributed by atoms with E-state index in [1.54, 1.807) is 7.11 Å². The molecule has 4 nitrogen and oxygen atoms in total. The number of aromatic nitrogens is 2. The average molecular weight is 296 g/mol. The highest BCUT2D eigenvalue weighted by Crippen LogP contribution is 2.33. The summed E-state index contributed by atoms with van der Waals surface area (Å²) in [6, 6.07) is 6.42. The van der Waals surface area contributed by atoms with Crippen LogP contribution in [0.4, 0.5) is 0 Å². The van der Waals surface area contributed by atoms with Gasteiger partial charge in [-0.25, -0.2) is 4.98 Å². The molecule has 3 rings (SSSR count). The summed E-state index contributed by atoms with van der Waals surface area (Å²) in [4.78, 5) is 4.54. The van der Waals surface area contributed by atoms with E-state index in [0.717, 1.165) is 41.0 Å². The van der Waals surface area contributed by atoms with Crippen molar-refractivity contribution >= 4 is 27.0 Å². The molecule has 1 fully saturated rings. The van der Waals surface area contributed by atoms with Crippen molar-refractivity contribution in [2.75, 3.05) is 20.2 Å². The Bertz CT molecular complexity index is 546. The Morgan fingerprint density at radius 1 is 1.53 bits per heavy atom. The first-order valence-electron chi connectivity index (χ1n) is 5.72. The number of halogens is 1. The molecule has 1 aliphatic rings. The summed E-state index contributed by atoms with van der Waals surface area (Å²) in [5, 5.41) is 3.38. The Morgan fingerprint density at radius 2 is 2.41 bits per heavy atom. The molecule has 0 aliphatic carbocycles. The minimum atomic E-state index is 0.450. The van der Waals surface area contributed by atoms with Gasteiger partial charge in [0.05, 0.1) is 12.6 Å². The molecular formula is C12H14BrN3O. The van der Waals surface area contributed by atoms with Gasteiger partial charge in [-0.15, -0.1) is 0 Å². The lowest BCUT2D eigenvalue weighted by Crippen LogP contribution is -2.13. The fraction of sp³-hybridized carbons (Fsp3) is 0.417. The highest BCUT2D eigenvalue weighted by atomic mass is 79.9. The van der Waals surface area contributed by atoms with Gasteiger partial charge in [-0.2, -0.15) is 0 Å². The molecule has 17 heavy (non-hydrogen) atoms. The molecule has 90 valence electrons. The highest BCUT2D eigenvalue weighted by Gasteiger charge is 2.23. The summed E-state index contributed by atoms with van der Waals surface area (Å²) in [5.41, 5.74) is 2.05. The van der Waals surface area contributed by atoms with Gasteiger partial charge in [0.2, 0.25) is 0 Å². The Balaban J connectivity index is 2.24. The number of para-hydroxylation sites is 1. The van der Waals surface area contributed by atoms with E-state index in [-0.39, 0.29) is 0 Å². The Hall–Kier alpha value is -1.07. The summed E-state index contributed by atoms with van der Waals surface area (Å²) in [7, 11) is 1.70. The van der Waals surface area contributed by atoms with Crippen molar-refractivity contribution in [2.24, 2.45) is 0 Å². The number of imidazole rings is 1. The minimum Gasteiger partial charge on any atom is -0.494 e. The van der Waals surface area contributed by atoms with Gasteiger partial charge < -0.3 is 14.6 Å². The van der Waals surface area contributed by atoms with Crippen LogP contribution < -0.4 is 10.1 Å². The lowest BCUT2D eigenvalue weighted by molar-refractivity contribution is 0.415. The predicted octanol–water partition coefficient (Wildman–Crippen LogP) is 2.34. The SMILES string of the molecule is COc1cccc2nc(Br)n(C3CCNC3)c12. The van der Waals surface area contributed by atoms with E-state index < -0.39 is 0 Å². The number of ether oxygens (including phenoxy) is 1. The Morgan fingerprint density at radius 3 is 3.12 bits per heavy atom. The highest BCUT2D eigenvalue weighted by molar-refractivity contribution is 9.10. The molecule has 5 heteroatoms. The molecule has 1 aromatic heterocycles. The van der Waals surface area contributed by atoms with Crippen LogP contribution in [0.2, 0.25) is 0 Å². The monoisotopic (exact) mass is 295 g/mol. The second kappa shape index (κ2) is 4.31. The molecule has 1 aromatic carbocycles. The normalized spacial score (nSPS) is 20.0. The zero-order valence-electron chi connectivity index (χ0n) is 9.61. The maximum absolute atomic E-state index is 5.44. The van der Waals surface area contributed by atoms with E-state index in [2.05, 4.69) is 30.8 Å². The minimum absolute atomic E-state index is 0.450. The summed E-state index contributed by atoms with van der Waals surface area (Å²) in [6.07, 6.45) is 1.13. The zero-order chi connectivity index (χ0) is 11.8. The molecule has 2 aromatic rings. The third kappa shape index (κ3) is 1.73. The van der Waals surface area contributed by atoms with Crippen LogP contribution in [0.5, 0.6) is 5.75 Å². The summed E-state index contributed by atoms with van der Waals surface area (Å²) >= 11 is 3.55. The number of nitrogens with one attached hydrogen (secondary N) is 1. The third-order valence-electron chi connectivity index (χ3n) is 3.25. The molecule has 1 N–H and O–H groups in total. The molecule has 0 radical (unpaired) electrons. The van der Waals surface area contributed by atoms with Gasteiger partial charge in [0.25, 0.3) is 0 Å². The third-order valence-corrected chi connectivity index (χ3v) is 3.81. The van der Waals surface area contributed by atoms with Crippen molar-refractivity contribution < 1.29 is 4.74 Å². The molecule has 2 heterocycles. The van der Waals surface area contributed by atoms with Crippen molar-refractivity contribution in [3.8, 4) is 5.75 Å². The Labute approximate surface area is 108 Å². The fourth-order valence-electron chi connectivity index (χ4n) is 2.45. The molecule has 0 saturated carbocycles. The van der Waals surface area contributed by atoms with Crippen molar-refractivity contribution in [2.45, 2.75) is 12.5 Å². The summed E-state index contributed by atoms with van der Waals surface area (Å²) in [6.45, 7) is 2.05. The van der Waals surface area contributed by atoms with Crippen molar-refractivity contribution in [3.05, 3.63) is 22.9 Å². The first-order valence-corrected chi connectivity index (χ1v) is 6.51. The van der Waals surface area contributed by atoms with Crippen LogP contribution in [0.3, 0.4) is 0 Å². The van der Waals surface area contributed by atoms with E-state index in [0.29, 0.717) is 6.04 Å². The van der Waals surface area contributed by atoms with Crippen LogP contribution in [0.25, 0.3) is 11.0 Å². The first kappa shape index (κ1) is 11.0. The smallest absolute Gasteiger partial charge is 0.178 e. The van der Waals surface area contributed by atoms with Crippen LogP contribution in [0.1, 0.15) is 12.5 Å². The number of hydrogen-bond donors (Lipinski definition) is 1. The van der Waals surface area contributed by atoms with E-state index in [4.69, 9.17) is 4.74 Å². The fourth-order valence-corrected chi connectivity index (χ4v) is 3.10. The second-order valence-corrected chi connectivity index (χ2v) is 4.93. The molecule has 0 amide bonds. The van der Waals surface area contributed by atoms with Crippen LogP contribution in [0, 0.1) is 0 Å². The van der Waals surface area contributed by atoms with E-state index in [9.17, 15) is 0 Å². The second-order valence-electron chi connectivity index (χ2n) is 4.23. The van der Waals surface area contributed by atoms with Crippen molar-refractivity contribution in [1.29, 1.82) is 0 Å². The van der Waals surface area contributed by atoms with Gasteiger partial charge in [-0.3, -0.25) is 0 Å². The molecule has 0 spiro atoms. The lowest BCUT2D eigenvalue weighted by Gasteiger charge is -2.14. The van der Waals surface area contributed by atoms with Crippen LogP contribution in [-0.4, -0.2) is 29.8 Å². The zero-order valence-corrected chi connectivity index (χ0v) is 11.2. The molecular weight excluding hydrogens is 282 g/mol. The largest absolute Gasteiger partial charge is 0.494 e. The standard InChI is InChI=1S/C12H14BrN3O/c1-17-10-4-2-3-9-11(10)16(12(13)15-9)8-5-6-14-7-8/h2-4,8,14H,5-7H2,1H3. The molecule has 0 bridgehead atoms. The summed E-state index contributed by atoms with van der Waals surface area (Å²) < 4.78 is 8.55. The van der Waals surface area contributed by atoms with Crippen molar-refractivity contribution in [3.63, 3.8) is 0 Å². The number of benzene rings is 1. The van der Waals surface area contributed by atoms with Gasteiger partial charge in [-0.1, -0.05) is 6.07 Å². The molecule has 1 atom stereocenters. The van der Waals surface area contributed by atoms with E-state index in [1.165, 1.54) is 0 Å². The number of hydrogen-bond acceptors (Lipinski definition) is 3. The molecule has 1 unspecified atom stereocenters. The number of rotatable bonds is 2. The van der Waals surface area contributed by atoms with E-state index in [1.807, 2.05) is 18.2 Å². The number of methoxy groups -OCH3 is 1. The van der Waals surface area contributed by atoms with Crippen LogP contribution in [-0.2, 0) is 0 Å². The first-order chi connectivity index (χ1) is 8.31. The summed E-state index contributed by atoms with van der Waals surface area (Å²) in [5.74, 6) is 0.882. The average Bonchev–Trinajstić information content (AvgIpc) is 2.93. The maximum Gasteiger partial charge on any atom is 0.178 e. The Kier molecular flexibility index (Phi) is 2.80. The van der Waals surface area contributed by atoms with Gasteiger partial charge in [0, 0.05) is 12.6 Å². The molecule has 1 saturated heterocycles. The van der Waals surface area contributed by atoms with Crippen molar-refractivity contribution in [1.82, 2.24) is 14.9 Å². The quantitative estimate of drug-likeness (QED) is 0.924. The predicted molar refractivity (Wildman–Crippen MR) is 70.5 cm³/mol. The number of fused-ring (bicyclic) bond motifs is 1. The van der Waals surface area contributed by atoms with E-state index >= 15 is 0 Å². The topological polar surface area (TPSA) is 39.1 Å². The van der Waals surface area contributed by atoms with Gasteiger partial charge in [-0.05, 0) is 41.0 Å².